The molecule has 10 nitrogen and oxygen atoms in total. The van der Waals surface area contributed by atoms with Crippen LogP contribution in [0, 0.1) is 0 Å². The number of hydrogen-bond donors (Lipinski definition) is 4. The quantitative estimate of drug-likeness (QED) is 0.401. The number of carboxylic acid groups (broad SMARTS) is 1. The van der Waals surface area contributed by atoms with Crippen molar-refractivity contribution in [3.63, 3.8) is 0 Å². The third-order valence-electron chi connectivity index (χ3n) is 5.71. The van der Waals surface area contributed by atoms with Gasteiger partial charge in [-0.05, 0) is 22.3 Å². The standard InChI is InChI=1S/C24H24N4O6/c1-28-21(12-20(27-28)22(30)25-19(10-11-29)23(31)32)26-24(33)34-13-18-16-8-4-2-6-14(16)15-7-3-5-9-17(15)18/h2-9,12,18-19,29H,10-11,13H2,1H3,(H,25,30)(H,26,33)(H,31,32)/t19-/m0/s1. The van der Waals surface area contributed by atoms with Gasteiger partial charge in [-0.25, -0.2) is 9.59 Å². The molecule has 2 aromatic carbocycles. The zero-order valence-electron chi connectivity index (χ0n) is 18.4. The highest BCUT2D eigenvalue weighted by molar-refractivity contribution is 5.96. The summed E-state index contributed by atoms with van der Waals surface area (Å²) >= 11 is 0. The van der Waals surface area contributed by atoms with Crippen molar-refractivity contribution in [2.45, 2.75) is 18.4 Å². The highest BCUT2D eigenvalue weighted by Gasteiger charge is 2.29. The van der Waals surface area contributed by atoms with Gasteiger partial charge in [-0.2, -0.15) is 5.10 Å². The Morgan fingerprint density at radius 1 is 1.09 bits per heavy atom. The monoisotopic (exact) mass is 464 g/mol. The summed E-state index contributed by atoms with van der Waals surface area (Å²) in [5, 5.41) is 26.9. The van der Waals surface area contributed by atoms with Gasteiger partial charge < -0.3 is 20.3 Å². The lowest BCUT2D eigenvalue weighted by Crippen LogP contribution is -2.41. The third-order valence-corrected chi connectivity index (χ3v) is 5.71. The molecule has 10 heteroatoms. The van der Waals surface area contributed by atoms with E-state index >= 15 is 0 Å². The van der Waals surface area contributed by atoms with Gasteiger partial charge in [-0.15, -0.1) is 0 Å². The lowest BCUT2D eigenvalue weighted by atomic mass is 9.98. The molecule has 0 spiro atoms. The van der Waals surface area contributed by atoms with Crippen LogP contribution in [0.5, 0.6) is 0 Å². The Labute approximate surface area is 195 Å². The first-order valence-electron chi connectivity index (χ1n) is 10.7. The molecule has 1 aliphatic rings. The number of amides is 2. The molecule has 34 heavy (non-hydrogen) atoms. The van der Waals surface area contributed by atoms with Crippen molar-refractivity contribution < 1.29 is 29.3 Å². The molecule has 1 aromatic heterocycles. The first-order chi connectivity index (χ1) is 16.4. The second kappa shape index (κ2) is 9.75. The molecule has 1 aliphatic carbocycles. The van der Waals surface area contributed by atoms with Crippen LogP contribution in [0.15, 0.2) is 54.6 Å². The lowest BCUT2D eigenvalue weighted by molar-refractivity contribution is -0.139. The van der Waals surface area contributed by atoms with E-state index in [1.807, 2.05) is 48.5 Å². The van der Waals surface area contributed by atoms with E-state index in [9.17, 15) is 14.4 Å². The first kappa shape index (κ1) is 23.0. The normalized spacial score (nSPS) is 13.0. The second-order valence-corrected chi connectivity index (χ2v) is 7.87. The summed E-state index contributed by atoms with van der Waals surface area (Å²) in [5.74, 6) is -1.89. The highest BCUT2D eigenvalue weighted by Crippen LogP contribution is 2.44. The predicted octanol–water partition coefficient (Wildman–Crippen LogP) is 2.35. The minimum atomic E-state index is -1.27. The third kappa shape index (κ3) is 4.62. The minimum Gasteiger partial charge on any atom is -0.480 e. The summed E-state index contributed by atoms with van der Waals surface area (Å²) < 4.78 is 6.78. The Hall–Kier alpha value is -4.18. The van der Waals surface area contributed by atoms with Crippen molar-refractivity contribution in [2.24, 2.45) is 7.05 Å². The number of nitrogens with zero attached hydrogens (tertiary/aromatic N) is 2. The van der Waals surface area contributed by atoms with Crippen LogP contribution in [0.2, 0.25) is 0 Å². The fraction of sp³-hybridized carbons (Fsp3) is 0.250. The van der Waals surface area contributed by atoms with E-state index in [4.69, 9.17) is 14.9 Å². The Morgan fingerprint density at radius 2 is 1.71 bits per heavy atom. The van der Waals surface area contributed by atoms with Gasteiger partial charge in [0, 0.05) is 32.1 Å². The van der Waals surface area contributed by atoms with Gasteiger partial charge >= 0.3 is 12.1 Å². The van der Waals surface area contributed by atoms with E-state index < -0.39 is 30.6 Å². The Morgan fingerprint density at radius 3 is 2.29 bits per heavy atom. The predicted molar refractivity (Wildman–Crippen MR) is 122 cm³/mol. The molecule has 1 atom stereocenters. The van der Waals surface area contributed by atoms with Crippen molar-refractivity contribution in [3.05, 3.63) is 71.4 Å². The molecule has 0 radical (unpaired) electrons. The largest absolute Gasteiger partial charge is 0.480 e. The topological polar surface area (TPSA) is 143 Å². The zero-order valence-corrected chi connectivity index (χ0v) is 18.4. The van der Waals surface area contributed by atoms with Crippen LogP contribution in [-0.4, -0.2) is 57.2 Å². The Balaban J connectivity index is 1.40. The average Bonchev–Trinajstić information content (AvgIpc) is 3.35. The van der Waals surface area contributed by atoms with Crippen LogP contribution < -0.4 is 10.6 Å². The second-order valence-electron chi connectivity index (χ2n) is 7.87. The summed E-state index contributed by atoms with van der Waals surface area (Å²) in [4.78, 5) is 36.0. The maximum Gasteiger partial charge on any atom is 0.412 e. The van der Waals surface area contributed by atoms with Crippen LogP contribution >= 0.6 is 0 Å². The Bertz CT molecular complexity index is 1190. The summed E-state index contributed by atoms with van der Waals surface area (Å²) in [7, 11) is 1.53. The maximum absolute atomic E-state index is 12.5. The number of aliphatic hydroxyl groups is 1. The van der Waals surface area contributed by atoms with Gasteiger partial charge in [-0.3, -0.25) is 14.8 Å². The molecule has 0 unspecified atom stereocenters. The molecule has 176 valence electrons. The number of carbonyl (C=O) groups excluding carboxylic acids is 2. The number of fused-ring (bicyclic) bond motifs is 3. The number of aryl methyl sites for hydroxylation is 1. The van der Waals surface area contributed by atoms with Crippen molar-refractivity contribution in [1.29, 1.82) is 0 Å². The summed E-state index contributed by atoms with van der Waals surface area (Å²) in [6.07, 6.45) is -0.848. The number of aliphatic carboxylic acids is 1. The van der Waals surface area contributed by atoms with E-state index in [1.165, 1.54) is 17.8 Å². The zero-order chi connectivity index (χ0) is 24.2. The molecule has 2 amide bonds. The van der Waals surface area contributed by atoms with E-state index in [1.54, 1.807) is 0 Å². The number of aliphatic hydroxyl groups excluding tert-OH is 1. The van der Waals surface area contributed by atoms with Gasteiger partial charge in [0.15, 0.2) is 5.69 Å². The molecular formula is C24H24N4O6. The van der Waals surface area contributed by atoms with Crippen molar-refractivity contribution in [1.82, 2.24) is 15.1 Å². The molecular weight excluding hydrogens is 440 g/mol. The van der Waals surface area contributed by atoms with Crippen LogP contribution in [-0.2, 0) is 16.6 Å². The van der Waals surface area contributed by atoms with E-state index in [0.29, 0.717) is 0 Å². The fourth-order valence-corrected chi connectivity index (χ4v) is 4.05. The molecule has 0 saturated carbocycles. The number of aromatic nitrogens is 2. The summed E-state index contributed by atoms with van der Waals surface area (Å²) in [6.45, 7) is -0.263. The van der Waals surface area contributed by atoms with Crippen molar-refractivity contribution in [2.75, 3.05) is 18.5 Å². The number of ether oxygens (including phenoxy) is 1. The van der Waals surface area contributed by atoms with E-state index in [2.05, 4.69) is 15.7 Å². The fourth-order valence-electron chi connectivity index (χ4n) is 4.05. The van der Waals surface area contributed by atoms with E-state index in [0.717, 1.165) is 22.3 Å². The van der Waals surface area contributed by atoms with E-state index in [-0.39, 0.29) is 30.5 Å². The number of anilines is 1. The molecule has 4 rings (SSSR count). The number of carbonyl (C=O) groups is 3. The number of carboxylic acids is 1. The average molecular weight is 464 g/mol. The minimum absolute atomic E-state index is 0.0827. The van der Waals surface area contributed by atoms with Crippen molar-refractivity contribution in [3.8, 4) is 11.1 Å². The van der Waals surface area contributed by atoms with Gasteiger partial charge in [0.05, 0.1) is 0 Å². The molecule has 0 fully saturated rings. The summed E-state index contributed by atoms with van der Waals surface area (Å²) in [5.41, 5.74) is 4.34. The lowest BCUT2D eigenvalue weighted by Gasteiger charge is -2.14. The van der Waals surface area contributed by atoms with Crippen LogP contribution in [0.3, 0.4) is 0 Å². The smallest absolute Gasteiger partial charge is 0.412 e. The molecule has 0 saturated heterocycles. The molecule has 1 heterocycles. The van der Waals surface area contributed by atoms with Gasteiger partial charge in [0.25, 0.3) is 5.91 Å². The summed E-state index contributed by atoms with van der Waals surface area (Å²) in [6, 6.07) is 16.1. The van der Waals surface area contributed by atoms with Crippen molar-refractivity contribution >= 4 is 23.8 Å². The molecule has 0 aliphatic heterocycles. The number of hydrogen-bond acceptors (Lipinski definition) is 6. The van der Waals surface area contributed by atoms with Crippen LogP contribution in [0.1, 0.15) is 34.0 Å². The Kier molecular flexibility index (Phi) is 6.60. The molecule has 3 aromatic rings. The SMILES string of the molecule is Cn1nc(C(=O)N[C@@H](CCO)C(=O)O)cc1NC(=O)OCC1c2ccccc2-c2ccccc21. The van der Waals surface area contributed by atoms with Gasteiger partial charge in [0.1, 0.15) is 18.5 Å². The molecule has 0 bridgehead atoms. The van der Waals surface area contributed by atoms with Crippen LogP contribution in [0.4, 0.5) is 10.6 Å². The van der Waals surface area contributed by atoms with Crippen LogP contribution in [0.25, 0.3) is 11.1 Å². The molecule has 4 N–H and O–H groups in total. The number of nitrogens with one attached hydrogen (secondary N) is 2. The first-order valence-corrected chi connectivity index (χ1v) is 10.7. The van der Waals surface area contributed by atoms with Gasteiger partial charge in [0.2, 0.25) is 0 Å². The van der Waals surface area contributed by atoms with Gasteiger partial charge in [-0.1, -0.05) is 48.5 Å². The maximum atomic E-state index is 12.5. The highest BCUT2D eigenvalue weighted by atomic mass is 16.5. The number of benzene rings is 2. The number of rotatable bonds is 8.